The van der Waals surface area contributed by atoms with Gasteiger partial charge in [0.15, 0.2) is 5.69 Å². The van der Waals surface area contributed by atoms with Gasteiger partial charge in [-0.15, -0.1) is 0 Å². The van der Waals surface area contributed by atoms with Crippen LogP contribution in [0.1, 0.15) is 59.5 Å². The molecular weight excluding hydrogens is 402 g/mol. The molecule has 8 heteroatoms. The lowest BCUT2D eigenvalue weighted by Gasteiger charge is -2.34. The van der Waals surface area contributed by atoms with Crippen LogP contribution in [0.25, 0.3) is 0 Å². The van der Waals surface area contributed by atoms with E-state index in [4.69, 9.17) is 16.7 Å². The van der Waals surface area contributed by atoms with Crippen molar-refractivity contribution in [3.63, 3.8) is 0 Å². The number of nitriles is 1. The van der Waals surface area contributed by atoms with E-state index in [1.165, 1.54) is 31.9 Å². The van der Waals surface area contributed by atoms with E-state index in [1.807, 2.05) is 12.1 Å². The summed E-state index contributed by atoms with van der Waals surface area (Å²) in [6, 6.07) is 7.75. The minimum Gasteiger partial charge on any atom is -0.476 e. The number of anilines is 1. The number of aromatic nitrogens is 2. The Balaban J connectivity index is 1.59. The Bertz CT molecular complexity index is 1100. The van der Waals surface area contributed by atoms with Gasteiger partial charge >= 0.3 is 5.97 Å². The number of halogens is 1. The van der Waals surface area contributed by atoms with E-state index in [-0.39, 0.29) is 17.7 Å². The van der Waals surface area contributed by atoms with Crippen molar-refractivity contribution >= 4 is 29.0 Å². The van der Waals surface area contributed by atoms with Crippen LogP contribution in [-0.2, 0) is 6.42 Å². The van der Waals surface area contributed by atoms with Crippen molar-refractivity contribution in [2.45, 2.75) is 44.6 Å². The molecule has 2 heterocycles. The van der Waals surface area contributed by atoms with Crippen LogP contribution in [0.4, 0.5) is 5.69 Å². The van der Waals surface area contributed by atoms with E-state index >= 15 is 0 Å². The first kappa shape index (κ1) is 19.0. The molecule has 2 aliphatic carbocycles. The van der Waals surface area contributed by atoms with Gasteiger partial charge in [-0.1, -0.05) is 24.4 Å². The molecule has 1 aromatic carbocycles. The molecule has 30 heavy (non-hydrogen) atoms. The largest absolute Gasteiger partial charge is 0.476 e. The van der Waals surface area contributed by atoms with Crippen molar-refractivity contribution in [3.05, 3.63) is 52.1 Å². The highest BCUT2D eigenvalue weighted by molar-refractivity contribution is 6.32. The molecule has 0 spiro atoms. The molecular formula is C22H20ClN5O2. The van der Waals surface area contributed by atoms with E-state index < -0.39 is 5.97 Å². The zero-order valence-corrected chi connectivity index (χ0v) is 17.0. The first-order valence-corrected chi connectivity index (χ1v) is 10.6. The standard InChI is InChI=1S/C22H20ClN5O2/c23-16-9-14(6-5-13(16)10-24)28-21(12-3-1-2-4-12)15-7-8-17-20(19(15)27-28)25-11-18(26-17)22(29)30/h5-6,9,11-12,15,21H,1-4,7-8H2,(H,29,30). The number of hydrogen-bond donors (Lipinski definition) is 1. The second-order valence-corrected chi connectivity index (χ2v) is 8.55. The number of fused-ring (bicyclic) bond motifs is 3. The Kier molecular flexibility index (Phi) is 4.67. The summed E-state index contributed by atoms with van der Waals surface area (Å²) in [6.07, 6.45) is 7.66. The first-order valence-electron chi connectivity index (χ1n) is 10.2. The molecule has 2 unspecified atom stereocenters. The zero-order valence-electron chi connectivity index (χ0n) is 16.3. The van der Waals surface area contributed by atoms with Gasteiger partial charge in [-0.25, -0.2) is 9.78 Å². The molecule has 3 aliphatic rings. The van der Waals surface area contributed by atoms with Crippen LogP contribution in [0.5, 0.6) is 0 Å². The van der Waals surface area contributed by atoms with Crippen LogP contribution in [0.15, 0.2) is 29.5 Å². The van der Waals surface area contributed by atoms with Gasteiger partial charge in [-0.3, -0.25) is 9.99 Å². The van der Waals surface area contributed by atoms with Crippen molar-refractivity contribution in [2.75, 3.05) is 5.01 Å². The molecule has 2 aromatic rings. The lowest BCUT2D eigenvalue weighted by atomic mass is 9.77. The van der Waals surface area contributed by atoms with Crippen molar-refractivity contribution in [1.29, 1.82) is 5.26 Å². The average molecular weight is 422 g/mol. The molecule has 1 aliphatic heterocycles. The Labute approximate surface area is 179 Å². The predicted molar refractivity (Wildman–Crippen MR) is 112 cm³/mol. The van der Waals surface area contributed by atoms with E-state index in [0.29, 0.717) is 34.3 Å². The highest BCUT2D eigenvalue weighted by Gasteiger charge is 2.46. The maximum atomic E-state index is 11.3. The predicted octanol–water partition coefficient (Wildman–Crippen LogP) is 4.05. The summed E-state index contributed by atoms with van der Waals surface area (Å²) < 4.78 is 0. The number of hydrogen-bond acceptors (Lipinski definition) is 6. The SMILES string of the molecule is N#Cc1ccc(N2N=C3c4ncc(C(=O)O)nc4CCC3C2C2CCCC2)cc1Cl. The van der Waals surface area contributed by atoms with Crippen molar-refractivity contribution in [1.82, 2.24) is 9.97 Å². The first-order chi connectivity index (χ1) is 14.6. The Hall–Kier alpha value is -2.98. The summed E-state index contributed by atoms with van der Waals surface area (Å²) in [5.74, 6) is -0.322. The number of hydrazone groups is 1. The number of nitrogens with zero attached hydrogens (tertiary/aromatic N) is 5. The third kappa shape index (κ3) is 3.03. The number of carboxylic acid groups (broad SMARTS) is 1. The van der Waals surface area contributed by atoms with Gasteiger partial charge in [0.25, 0.3) is 0 Å². The van der Waals surface area contributed by atoms with Crippen LogP contribution in [0, 0.1) is 23.2 Å². The molecule has 152 valence electrons. The van der Waals surface area contributed by atoms with E-state index in [0.717, 1.165) is 17.8 Å². The van der Waals surface area contributed by atoms with Crippen LogP contribution < -0.4 is 5.01 Å². The molecule has 1 aromatic heterocycles. The number of carbonyl (C=O) groups is 1. The third-order valence-electron chi connectivity index (χ3n) is 6.48. The van der Waals surface area contributed by atoms with E-state index in [1.54, 1.807) is 6.07 Å². The lowest BCUT2D eigenvalue weighted by molar-refractivity contribution is 0.0689. The number of benzene rings is 1. The molecule has 0 amide bonds. The number of rotatable bonds is 3. The quantitative estimate of drug-likeness (QED) is 0.802. The third-order valence-corrected chi connectivity index (χ3v) is 6.79. The summed E-state index contributed by atoms with van der Waals surface area (Å²) in [4.78, 5) is 20.0. The van der Waals surface area contributed by atoms with Gasteiger partial charge in [0.2, 0.25) is 0 Å². The fourth-order valence-corrected chi connectivity index (χ4v) is 5.34. The number of carboxylic acids is 1. The Morgan fingerprint density at radius 1 is 1.27 bits per heavy atom. The Morgan fingerprint density at radius 3 is 2.77 bits per heavy atom. The summed E-state index contributed by atoms with van der Waals surface area (Å²) in [6.45, 7) is 0. The maximum Gasteiger partial charge on any atom is 0.356 e. The Morgan fingerprint density at radius 2 is 2.07 bits per heavy atom. The van der Waals surface area contributed by atoms with Crippen LogP contribution >= 0.6 is 11.6 Å². The van der Waals surface area contributed by atoms with Gasteiger partial charge in [-0.2, -0.15) is 10.4 Å². The highest BCUT2D eigenvalue weighted by atomic mass is 35.5. The molecule has 1 N–H and O–H groups in total. The number of aryl methyl sites for hydroxylation is 1. The molecule has 2 atom stereocenters. The number of aromatic carboxylic acids is 1. The lowest BCUT2D eigenvalue weighted by Crippen LogP contribution is -2.41. The topological polar surface area (TPSA) is 102 Å². The molecule has 1 fully saturated rings. The summed E-state index contributed by atoms with van der Waals surface area (Å²) in [5.41, 5.74) is 3.58. The second-order valence-electron chi connectivity index (χ2n) is 8.14. The minimum absolute atomic E-state index is 0.0335. The fraction of sp³-hybridized carbons (Fsp3) is 0.409. The summed E-state index contributed by atoms with van der Waals surface area (Å²) >= 11 is 6.32. The summed E-state index contributed by atoms with van der Waals surface area (Å²) in [5, 5.41) is 25.9. The van der Waals surface area contributed by atoms with Gasteiger partial charge in [-0.05, 0) is 49.8 Å². The highest BCUT2D eigenvalue weighted by Crippen LogP contribution is 2.44. The molecule has 0 saturated heterocycles. The van der Waals surface area contributed by atoms with E-state index in [9.17, 15) is 15.2 Å². The second kappa shape index (κ2) is 7.37. The normalized spacial score (nSPS) is 22.9. The van der Waals surface area contributed by atoms with Crippen LogP contribution in [-0.4, -0.2) is 32.8 Å². The van der Waals surface area contributed by atoms with Crippen molar-refractivity contribution in [2.24, 2.45) is 16.9 Å². The molecule has 1 saturated carbocycles. The molecule has 0 bridgehead atoms. The van der Waals surface area contributed by atoms with E-state index in [2.05, 4.69) is 21.0 Å². The fourth-order valence-electron chi connectivity index (χ4n) is 5.12. The van der Waals surface area contributed by atoms with Gasteiger partial charge < -0.3 is 5.11 Å². The minimum atomic E-state index is -1.07. The molecule has 5 rings (SSSR count). The average Bonchev–Trinajstić information content (AvgIpc) is 3.40. The smallest absolute Gasteiger partial charge is 0.356 e. The molecule has 7 nitrogen and oxygen atoms in total. The zero-order chi connectivity index (χ0) is 20.8. The monoisotopic (exact) mass is 421 g/mol. The van der Waals surface area contributed by atoms with Gasteiger partial charge in [0.05, 0.1) is 39.9 Å². The van der Waals surface area contributed by atoms with Gasteiger partial charge in [0.1, 0.15) is 11.8 Å². The van der Waals surface area contributed by atoms with Crippen molar-refractivity contribution in [3.8, 4) is 6.07 Å². The van der Waals surface area contributed by atoms with Gasteiger partial charge in [0, 0.05) is 5.92 Å². The maximum absolute atomic E-state index is 11.3. The van der Waals surface area contributed by atoms with Crippen LogP contribution in [0.2, 0.25) is 5.02 Å². The van der Waals surface area contributed by atoms with Crippen LogP contribution in [0.3, 0.4) is 0 Å². The molecule has 0 radical (unpaired) electrons. The van der Waals surface area contributed by atoms with Crippen molar-refractivity contribution < 1.29 is 9.90 Å². The summed E-state index contributed by atoms with van der Waals surface area (Å²) in [7, 11) is 0.